The molecule has 0 bridgehead atoms. The van der Waals surface area contributed by atoms with E-state index < -0.39 is 0 Å². The van der Waals surface area contributed by atoms with Gasteiger partial charge in [0.05, 0.1) is 0 Å². The summed E-state index contributed by atoms with van der Waals surface area (Å²) < 4.78 is 0. The molecule has 0 nitrogen and oxygen atoms in total. The molecule has 2 rings (SSSR count). The van der Waals surface area contributed by atoms with E-state index in [4.69, 9.17) is 0 Å². The van der Waals surface area contributed by atoms with Gasteiger partial charge in [-0.25, -0.2) is 0 Å². The smallest absolute Gasteiger partial charge is 0.000574 e. The Bertz CT molecular complexity index is 359. The molecule has 1 fully saturated rings. The number of hydrogen-bond donors (Lipinski definition) is 0. The summed E-state index contributed by atoms with van der Waals surface area (Å²) >= 11 is 0. The zero-order valence-electron chi connectivity index (χ0n) is 14.4. The van der Waals surface area contributed by atoms with Crippen molar-refractivity contribution in [2.45, 2.75) is 68.2 Å². The highest BCUT2D eigenvalue weighted by Gasteiger charge is 2.60. The van der Waals surface area contributed by atoms with Crippen LogP contribution in [0.25, 0.3) is 0 Å². The molecule has 19 heavy (non-hydrogen) atoms. The summed E-state index contributed by atoms with van der Waals surface area (Å²) in [5.41, 5.74) is 4.15. The summed E-state index contributed by atoms with van der Waals surface area (Å²) in [6.07, 6.45) is 2.89. The van der Waals surface area contributed by atoms with Crippen LogP contribution in [0, 0.1) is 40.9 Å². The van der Waals surface area contributed by atoms with E-state index in [1.54, 1.807) is 0 Å². The van der Waals surface area contributed by atoms with Crippen LogP contribution in [-0.4, -0.2) is 0 Å². The van der Waals surface area contributed by atoms with E-state index in [0.717, 1.165) is 29.6 Å². The molecule has 2 aliphatic rings. The summed E-state index contributed by atoms with van der Waals surface area (Å²) in [4.78, 5) is 0. The minimum atomic E-state index is 0.483. The lowest BCUT2D eigenvalue weighted by atomic mass is 9.54. The molecule has 0 saturated heterocycles. The van der Waals surface area contributed by atoms with Crippen LogP contribution in [0.4, 0.5) is 0 Å². The van der Waals surface area contributed by atoms with Gasteiger partial charge in [-0.15, -0.1) is 0 Å². The Kier molecular flexibility index (Phi) is 3.93. The fourth-order valence-corrected chi connectivity index (χ4v) is 5.49. The first kappa shape index (κ1) is 15.1. The van der Waals surface area contributed by atoms with E-state index >= 15 is 0 Å². The Balaban J connectivity index is 2.63. The molecule has 0 aromatic rings. The van der Waals surface area contributed by atoms with Gasteiger partial charge in [0.25, 0.3) is 0 Å². The summed E-state index contributed by atoms with van der Waals surface area (Å²) in [5.74, 6) is 4.97. The highest BCUT2D eigenvalue weighted by molar-refractivity contribution is 5.35. The van der Waals surface area contributed by atoms with Gasteiger partial charge >= 0.3 is 0 Å². The zero-order chi connectivity index (χ0) is 14.5. The third-order valence-electron chi connectivity index (χ3n) is 6.02. The van der Waals surface area contributed by atoms with Gasteiger partial charge in [0.15, 0.2) is 0 Å². The Labute approximate surface area is 121 Å². The van der Waals surface area contributed by atoms with E-state index in [1.165, 1.54) is 12.8 Å². The molecule has 0 radical (unpaired) electrons. The number of fused-ring (bicyclic) bond motifs is 1. The van der Waals surface area contributed by atoms with Crippen molar-refractivity contribution in [3.63, 3.8) is 0 Å². The van der Waals surface area contributed by atoms with Crippen LogP contribution in [0.3, 0.4) is 0 Å². The summed E-state index contributed by atoms with van der Waals surface area (Å²) in [7, 11) is 0. The van der Waals surface area contributed by atoms with E-state index in [0.29, 0.717) is 11.3 Å². The molecule has 0 aromatic heterocycles. The third kappa shape index (κ3) is 2.10. The molecule has 0 heteroatoms. The molecule has 0 aliphatic heterocycles. The van der Waals surface area contributed by atoms with E-state index in [1.807, 2.05) is 11.1 Å². The molecule has 0 aromatic carbocycles. The van der Waals surface area contributed by atoms with Crippen molar-refractivity contribution >= 4 is 0 Å². The lowest BCUT2D eigenvalue weighted by molar-refractivity contribution is 0.0956. The van der Waals surface area contributed by atoms with Crippen molar-refractivity contribution < 1.29 is 0 Å². The van der Waals surface area contributed by atoms with Crippen molar-refractivity contribution in [2.75, 3.05) is 0 Å². The first-order valence-electron chi connectivity index (χ1n) is 8.47. The Hall–Kier alpha value is -0.260. The average molecular weight is 262 g/mol. The summed E-state index contributed by atoms with van der Waals surface area (Å²) in [6, 6.07) is 0. The second-order valence-corrected chi connectivity index (χ2v) is 8.30. The van der Waals surface area contributed by atoms with Crippen molar-refractivity contribution in [1.82, 2.24) is 0 Å². The van der Waals surface area contributed by atoms with Crippen molar-refractivity contribution in [3.05, 3.63) is 11.1 Å². The number of hydrogen-bond acceptors (Lipinski definition) is 0. The maximum Gasteiger partial charge on any atom is -0.000574 e. The van der Waals surface area contributed by atoms with Crippen LogP contribution >= 0.6 is 0 Å². The van der Waals surface area contributed by atoms with Crippen LogP contribution < -0.4 is 0 Å². The highest BCUT2D eigenvalue weighted by atomic mass is 14.6. The maximum atomic E-state index is 2.47. The molecule has 0 N–H and O–H groups in total. The number of allylic oxidation sites excluding steroid dienone is 2. The van der Waals surface area contributed by atoms with Crippen LogP contribution in [0.15, 0.2) is 11.1 Å². The van der Waals surface area contributed by atoms with Crippen molar-refractivity contribution in [1.29, 1.82) is 0 Å². The van der Waals surface area contributed by atoms with Gasteiger partial charge in [-0.2, -0.15) is 0 Å². The second kappa shape index (κ2) is 4.93. The molecule has 0 spiro atoms. The maximum absolute atomic E-state index is 2.47. The second-order valence-electron chi connectivity index (χ2n) is 8.30. The van der Waals surface area contributed by atoms with Gasteiger partial charge in [0.2, 0.25) is 0 Å². The predicted molar refractivity (Wildman–Crippen MR) is 85.0 cm³/mol. The van der Waals surface area contributed by atoms with Crippen molar-refractivity contribution in [3.8, 4) is 0 Å². The lowest BCUT2D eigenvalue weighted by Crippen LogP contribution is -2.43. The third-order valence-corrected chi connectivity index (χ3v) is 6.02. The van der Waals surface area contributed by atoms with Crippen molar-refractivity contribution in [2.24, 2.45) is 40.9 Å². The normalized spacial score (nSPS) is 29.7. The fourth-order valence-electron chi connectivity index (χ4n) is 5.49. The Morgan fingerprint density at radius 2 is 1.37 bits per heavy atom. The topological polar surface area (TPSA) is 0 Å². The molecular formula is C19H34. The highest BCUT2D eigenvalue weighted by Crippen LogP contribution is 2.68. The Morgan fingerprint density at radius 1 is 0.842 bits per heavy atom. The van der Waals surface area contributed by atoms with Gasteiger partial charge in [0, 0.05) is 0 Å². The van der Waals surface area contributed by atoms with E-state index in [-0.39, 0.29) is 0 Å². The molecule has 2 atom stereocenters. The zero-order valence-corrected chi connectivity index (χ0v) is 14.4. The monoisotopic (exact) mass is 262 g/mol. The van der Waals surface area contributed by atoms with Gasteiger partial charge < -0.3 is 0 Å². The number of rotatable bonds is 4. The Morgan fingerprint density at radius 3 is 1.74 bits per heavy atom. The minimum Gasteiger partial charge on any atom is -0.0673 e. The van der Waals surface area contributed by atoms with Gasteiger partial charge in [-0.3, -0.25) is 0 Å². The van der Waals surface area contributed by atoms with E-state index in [2.05, 4.69) is 55.4 Å². The van der Waals surface area contributed by atoms with Crippen LogP contribution in [0.5, 0.6) is 0 Å². The first-order valence-corrected chi connectivity index (χ1v) is 8.47. The summed E-state index contributed by atoms with van der Waals surface area (Å²) in [5, 5.41) is 0. The van der Waals surface area contributed by atoms with Crippen LogP contribution in [-0.2, 0) is 0 Å². The molecule has 0 heterocycles. The summed E-state index contributed by atoms with van der Waals surface area (Å²) in [6.45, 7) is 19.6. The van der Waals surface area contributed by atoms with Crippen LogP contribution in [0.2, 0.25) is 0 Å². The lowest BCUT2D eigenvalue weighted by Gasteiger charge is -2.50. The largest absolute Gasteiger partial charge is 0.0673 e. The van der Waals surface area contributed by atoms with Gasteiger partial charge in [-0.05, 0) is 53.8 Å². The van der Waals surface area contributed by atoms with Crippen LogP contribution in [0.1, 0.15) is 68.2 Å². The standard InChI is InChI=1S/C19H34/c1-11(2)16-9-15-10-17(15)19(13(5)6,14(7)8)18(16)12(3)4/h11-15,17H,9-10H2,1-8H3. The SMILES string of the molecule is CC(C)C1=C(C(C)C)C(C(C)C)(C(C)C)C2CC2C1. The fraction of sp³-hybridized carbons (Fsp3) is 0.895. The average Bonchev–Trinajstić information content (AvgIpc) is 3.03. The molecule has 0 amide bonds. The molecule has 110 valence electrons. The first-order chi connectivity index (χ1) is 8.74. The van der Waals surface area contributed by atoms with Gasteiger partial charge in [-0.1, -0.05) is 66.5 Å². The van der Waals surface area contributed by atoms with Gasteiger partial charge in [0.1, 0.15) is 0 Å². The molecule has 1 saturated carbocycles. The molecule has 2 aliphatic carbocycles. The predicted octanol–water partition coefficient (Wildman–Crippen LogP) is 5.93. The van der Waals surface area contributed by atoms with E-state index in [9.17, 15) is 0 Å². The molecular weight excluding hydrogens is 228 g/mol. The molecule has 2 unspecified atom stereocenters. The quantitative estimate of drug-likeness (QED) is 0.551. The minimum absolute atomic E-state index is 0.483.